The molecule has 0 amide bonds. The van der Waals surface area contributed by atoms with Crippen LogP contribution >= 0.6 is 23.2 Å². The zero-order valence-corrected chi connectivity index (χ0v) is 11.4. The summed E-state index contributed by atoms with van der Waals surface area (Å²) in [6.07, 6.45) is 0. The summed E-state index contributed by atoms with van der Waals surface area (Å²) in [6.45, 7) is 2.08. The molecule has 98 valence electrons. The van der Waals surface area contributed by atoms with Gasteiger partial charge in [0.25, 0.3) is 0 Å². The lowest BCUT2D eigenvalue weighted by atomic mass is 10.3. The number of fused-ring (bicyclic) bond motifs is 1. The highest BCUT2D eigenvalue weighted by atomic mass is 35.5. The van der Waals surface area contributed by atoms with E-state index in [0.717, 1.165) is 5.52 Å². The molecule has 0 saturated heterocycles. The highest BCUT2D eigenvalue weighted by Crippen LogP contribution is 2.29. The Morgan fingerprint density at radius 3 is 2.68 bits per heavy atom. The molecule has 0 saturated carbocycles. The van der Waals surface area contributed by atoms with E-state index in [1.165, 1.54) is 0 Å². The van der Waals surface area contributed by atoms with E-state index in [9.17, 15) is 0 Å². The molecular formula is C11H9Cl2N5O. The van der Waals surface area contributed by atoms with Crippen molar-refractivity contribution in [2.24, 2.45) is 0 Å². The first kappa shape index (κ1) is 12.3. The van der Waals surface area contributed by atoms with Crippen molar-refractivity contribution in [3.05, 3.63) is 33.9 Å². The van der Waals surface area contributed by atoms with Crippen molar-refractivity contribution >= 4 is 40.2 Å². The number of hydrogen-bond donors (Lipinski definition) is 1. The number of nitrogens with two attached hydrogens (primary N) is 1. The van der Waals surface area contributed by atoms with E-state index >= 15 is 0 Å². The quantitative estimate of drug-likeness (QED) is 0.786. The first-order valence-corrected chi connectivity index (χ1v) is 6.20. The predicted molar refractivity (Wildman–Crippen MR) is 72.3 cm³/mol. The standard InChI is InChI=1S/C11H9Cl2N5O/c1-5-15-10(19-17-5)4-18-9-3-7(13)6(12)2-8(9)16-11(18)14/h2-3H,4H2,1H3,(H2,14,16). The van der Waals surface area contributed by atoms with Crippen molar-refractivity contribution in [3.63, 3.8) is 0 Å². The molecule has 0 aliphatic carbocycles. The molecule has 0 aliphatic rings. The Balaban J connectivity index is 2.12. The molecule has 0 aliphatic heterocycles. The van der Waals surface area contributed by atoms with Crippen molar-refractivity contribution in [1.29, 1.82) is 0 Å². The van der Waals surface area contributed by atoms with Gasteiger partial charge in [0.2, 0.25) is 11.8 Å². The van der Waals surface area contributed by atoms with Crippen LogP contribution in [-0.2, 0) is 6.54 Å². The van der Waals surface area contributed by atoms with E-state index < -0.39 is 0 Å². The second kappa shape index (κ2) is 4.40. The minimum absolute atomic E-state index is 0.334. The number of aromatic nitrogens is 4. The molecule has 0 bridgehead atoms. The first-order chi connectivity index (χ1) is 9.04. The summed E-state index contributed by atoms with van der Waals surface area (Å²) in [5, 5.41) is 4.61. The lowest BCUT2D eigenvalue weighted by molar-refractivity contribution is 0.369. The SMILES string of the molecule is Cc1noc(Cn2c(N)nc3cc(Cl)c(Cl)cc32)n1. The maximum Gasteiger partial charge on any atom is 0.246 e. The van der Waals surface area contributed by atoms with Crippen LogP contribution in [0.1, 0.15) is 11.7 Å². The Labute approximate surface area is 118 Å². The van der Waals surface area contributed by atoms with Gasteiger partial charge >= 0.3 is 0 Å². The second-order valence-corrected chi connectivity index (χ2v) is 4.86. The number of nitrogen functional groups attached to an aromatic ring is 1. The molecule has 0 radical (unpaired) electrons. The molecule has 8 heteroatoms. The molecule has 2 heterocycles. The summed E-state index contributed by atoms with van der Waals surface area (Å²) >= 11 is 12.0. The van der Waals surface area contributed by atoms with Crippen LogP contribution in [0.5, 0.6) is 0 Å². The average molecular weight is 298 g/mol. The van der Waals surface area contributed by atoms with Crippen molar-refractivity contribution in [2.75, 3.05) is 5.73 Å². The van der Waals surface area contributed by atoms with E-state index in [1.807, 2.05) is 0 Å². The van der Waals surface area contributed by atoms with Crippen LogP contribution in [-0.4, -0.2) is 19.7 Å². The molecule has 0 atom stereocenters. The maximum atomic E-state index is 6.01. The largest absolute Gasteiger partial charge is 0.369 e. The highest BCUT2D eigenvalue weighted by Gasteiger charge is 2.13. The number of aryl methyl sites for hydroxylation is 1. The molecule has 1 aromatic carbocycles. The highest BCUT2D eigenvalue weighted by molar-refractivity contribution is 6.42. The van der Waals surface area contributed by atoms with E-state index in [4.69, 9.17) is 33.5 Å². The number of imidazole rings is 1. The number of anilines is 1. The number of hydrogen-bond acceptors (Lipinski definition) is 5. The van der Waals surface area contributed by atoms with Gasteiger partial charge < -0.3 is 14.8 Å². The topological polar surface area (TPSA) is 82.8 Å². The number of nitrogens with zero attached hydrogens (tertiary/aromatic N) is 4. The molecule has 0 fully saturated rings. The summed E-state index contributed by atoms with van der Waals surface area (Å²) in [5.41, 5.74) is 7.32. The van der Waals surface area contributed by atoms with Gasteiger partial charge in [-0.1, -0.05) is 28.4 Å². The zero-order chi connectivity index (χ0) is 13.6. The van der Waals surface area contributed by atoms with Gasteiger partial charge in [-0.15, -0.1) is 0 Å². The Kier molecular flexibility index (Phi) is 2.83. The van der Waals surface area contributed by atoms with Crippen LogP contribution < -0.4 is 5.73 Å². The summed E-state index contributed by atoms with van der Waals surface area (Å²) in [4.78, 5) is 8.36. The first-order valence-electron chi connectivity index (χ1n) is 5.44. The Bertz CT molecular complexity index is 764. The molecule has 0 spiro atoms. The second-order valence-electron chi connectivity index (χ2n) is 4.05. The number of benzene rings is 1. The molecular weight excluding hydrogens is 289 g/mol. The lowest BCUT2D eigenvalue weighted by Crippen LogP contribution is -2.04. The monoisotopic (exact) mass is 297 g/mol. The third-order valence-electron chi connectivity index (χ3n) is 2.68. The van der Waals surface area contributed by atoms with Gasteiger partial charge in [0.15, 0.2) is 5.82 Å². The van der Waals surface area contributed by atoms with Crippen LogP contribution in [0.2, 0.25) is 10.0 Å². The van der Waals surface area contributed by atoms with Crippen LogP contribution in [0.3, 0.4) is 0 Å². The fourth-order valence-corrected chi connectivity index (χ4v) is 2.16. The molecule has 2 N–H and O–H groups in total. The summed E-state index contributed by atoms with van der Waals surface area (Å²) in [5.74, 6) is 1.36. The van der Waals surface area contributed by atoms with Gasteiger partial charge in [-0.05, 0) is 19.1 Å². The van der Waals surface area contributed by atoms with Crippen molar-refractivity contribution in [2.45, 2.75) is 13.5 Å². The van der Waals surface area contributed by atoms with E-state index in [0.29, 0.717) is 39.8 Å². The Morgan fingerprint density at radius 1 is 1.26 bits per heavy atom. The molecule has 6 nitrogen and oxygen atoms in total. The molecule has 2 aromatic heterocycles. The van der Waals surface area contributed by atoms with Gasteiger partial charge in [0.05, 0.1) is 21.1 Å². The predicted octanol–water partition coefficient (Wildman–Crippen LogP) is 2.67. The average Bonchev–Trinajstić information content (AvgIpc) is 2.87. The fraction of sp³-hybridized carbons (Fsp3) is 0.182. The van der Waals surface area contributed by atoms with Crippen LogP contribution in [0.15, 0.2) is 16.7 Å². The molecule has 3 aromatic rings. The zero-order valence-electron chi connectivity index (χ0n) is 9.89. The summed E-state index contributed by atoms with van der Waals surface area (Å²) in [6, 6.07) is 3.39. The minimum Gasteiger partial charge on any atom is -0.369 e. The molecule has 3 rings (SSSR count). The van der Waals surface area contributed by atoms with Crippen LogP contribution in [0.25, 0.3) is 11.0 Å². The Morgan fingerprint density at radius 2 is 2.00 bits per heavy atom. The third-order valence-corrected chi connectivity index (χ3v) is 3.40. The fourth-order valence-electron chi connectivity index (χ4n) is 1.84. The van der Waals surface area contributed by atoms with Crippen LogP contribution in [0, 0.1) is 6.92 Å². The van der Waals surface area contributed by atoms with Crippen molar-refractivity contribution in [1.82, 2.24) is 19.7 Å². The van der Waals surface area contributed by atoms with Crippen LogP contribution in [0.4, 0.5) is 5.95 Å². The van der Waals surface area contributed by atoms with Gasteiger partial charge in [0, 0.05) is 0 Å². The third kappa shape index (κ3) is 2.13. The molecule has 0 unspecified atom stereocenters. The normalized spacial score (nSPS) is 11.3. The van der Waals surface area contributed by atoms with E-state index in [1.54, 1.807) is 23.6 Å². The molecule has 19 heavy (non-hydrogen) atoms. The van der Waals surface area contributed by atoms with Crippen molar-refractivity contribution in [3.8, 4) is 0 Å². The number of halogens is 2. The van der Waals surface area contributed by atoms with Crippen molar-refractivity contribution < 1.29 is 4.52 Å². The van der Waals surface area contributed by atoms with Gasteiger partial charge in [0.1, 0.15) is 6.54 Å². The Hall–Kier alpha value is -1.79. The van der Waals surface area contributed by atoms with E-state index in [-0.39, 0.29) is 0 Å². The van der Waals surface area contributed by atoms with Gasteiger partial charge in [-0.3, -0.25) is 0 Å². The lowest BCUT2D eigenvalue weighted by Gasteiger charge is -2.03. The number of rotatable bonds is 2. The minimum atomic E-state index is 0.334. The smallest absolute Gasteiger partial charge is 0.246 e. The summed E-state index contributed by atoms with van der Waals surface area (Å²) in [7, 11) is 0. The van der Waals surface area contributed by atoms with Gasteiger partial charge in [-0.2, -0.15) is 4.98 Å². The summed E-state index contributed by atoms with van der Waals surface area (Å²) < 4.78 is 6.81. The maximum absolute atomic E-state index is 6.01. The van der Waals surface area contributed by atoms with E-state index in [2.05, 4.69) is 15.1 Å². The van der Waals surface area contributed by atoms with Gasteiger partial charge in [-0.25, -0.2) is 4.98 Å².